The fourth-order valence-electron chi connectivity index (χ4n) is 2.66. The molecular formula is C23H23NO4S. The summed E-state index contributed by atoms with van der Waals surface area (Å²) in [5.74, 6) is 2.55. The van der Waals surface area contributed by atoms with Gasteiger partial charge in [-0.05, 0) is 48.5 Å². The minimum Gasteiger partial charge on any atom is -0.493 e. The summed E-state index contributed by atoms with van der Waals surface area (Å²) < 4.78 is 16.2. The van der Waals surface area contributed by atoms with E-state index >= 15 is 0 Å². The van der Waals surface area contributed by atoms with E-state index < -0.39 is 0 Å². The monoisotopic (exact) mass is 409 g/mol. The van der Waals surface area contributed by atoms with Crippen LogP contribution in [0.5, 0.6) is 17.2 Å². The predicted octanol–water partition coefficient (Wildman–Crippen LogP) is 5.13. The van der Waals surface area contributed by atoms with Gasteiger partial charge in [-0.25, -0.2) is 0 Å². The molecule has 3 rings (SSSR count). The molecule has 0 aliphatic rings. The van der Waals surface area contributed by atoms with E-state index in [0.29, 0.717) is 29.4 Å². The quantitative estimate of drug-likeness (QED) is 0.392. The van der Waals surface area contributed by atoms with Gasteiger partial charge in [0.25, 0.3) is 5.91 Å². The number of hydrogen-bond donors (Lipinski definition) is 1. The van der Waals surface area contributed by atoms with Crippen molar-refractivity contribution in [3.63, 3.8) is 0 Å². The molecular weight excluding hydrogens is 386 g/mol. The molecule has 0 radical (unpaired) electrons. The number of hydrogen-bond acceptors (Lipinski definition) is 5. The van der Waals surface area contributed by atoms with Crippen LogP contribution in [0, 0.1) is 0 Å². The third kappa shape index (κ3) is 5.93. The zero-order chi connectivity index (χ0) is 20.5. The molecule has 0 saturated carbocycles. The summed E-state index contributed by atoms with van der Waals surface area (Å²) in [6.07, 6.45) is 0. The van der Waals surface area contributed by atoms with Crippen LogP contribution in [-0.2, 0) is 0 Å². The molecule has 29 heavy (non-hydrogen) atoms. The average Bonchev–Trinajstić information content (AvgIpc) is 2.77. The van der Waals surface area contributed by atoms with E-state index in [9.17, 15) is 4.79 Å². The standard InChI is InChI=1S/C23H23NO4S/c1-26-21-13-10-18(16-22(21)27-2)24-23(25)17-8-11-19(12-9-17)28-14-15-29-20-6-4-3-5-7-20/h3-13,16H,14-15H2,1-2H3,(H,24,25). The SMILES string of the molecule is COc1ccc(NC(=O)c2ccc(OCCSc3ccccc3)cc2)cc1OC. The summed E-state index contributed by atoms with van der Waals surface area (Å²) in [7, 11) is 3.13. The second-order valence-electron chi connectivity index (χ2n) is 6.06. The number of rotatable bonds is 9. The molecule has 0 unspecified atom stereocenters. The molecule has 0 saturated heterocycles. The number of anilines is 1. The molecule has 0 spiro atoms. The highest BCUT2D eigenvalue weighted by Crippen LogP contribution is 2.30. The van der Waals surface area contributed by atoms with Crippen molar-refractivity contribution in [1.29, 1.82) is 0 Å². The molecule has 0 fully saturated rings. The average molecular weight is 410 g/mol. The van der Waals surface area contributed by atoms with Crippen LogP contribution in [0.15, 0.2) is 77.7 Å². The van der Waals surface area contributed by atoms with Crippen molar-refractivity contribution in [3.8, 4) is 17.2 Å². The molecule has 0 heterocycles. The molecule has 3 aromatic carbocycles. The van der Waals surface area contributed by atoms with E-state index in [1.807, 2.05) is 18.2 Å². The smallest absolute Gasteiger partial charge is 0.255 e. The van der Waals surface area contributed by atoms with Crippen molar-refractivity contribution >= 4 is 23.4 Å². The molecule has 6 heteroatoms. The van der Waals surface area contributed by atoms with Gasteiger partial charge in [0.05, 0.1) is 20.8 Å². The van der Waals surface area contributed by atoms with Crippen molar-refractivity contribution in [2.75, 3.05) is 31.9 Å². The van der Waals surface area contributed by atoms with Crippen LogP contribution < -0.4 is 19.5 Å². The molecule has 1 N–H and O–H groups in total. The van der Waals surface area contributed by atoms with Gasteiger partial charge in [0, 0.05) is 28.0 Å². The van der Waals surface area contributed by atoms with E-state index in [4.69, 9.17) is 14.2 Å². The number of thioether (sulfide) groups is 1. The number of ether oxygens (including phenoxy) is 3. The van der Waals surface area contributed by atoms with Crippen LogP contribution in [-0.4, -0.2) is 32.5 Å². The zero-order valence-corrected chi connectivity index (χ0v) is 17.2. The van der Waals surface area contributed by atoms with Crippen LogP contribution >= 0.6 is 11.8 Å². The van der Waals surface area contributed by atoms with Crippen molar-refractivity contribution < 1.29 is 19.0 Å². The lowest BCUT2D eigenvalue weighted by Crippen LogP contribution is -2.12. The number of methoxy groups -OCH3 is 2. The van der Waals surface area contributed by atoms with Crippen molar-refractivity contribution in [2.24, 2.45) is 0 Å². The largest absolute Gasteiger partial charge is 0.493 e. The Kier molecular flexibility index (Phi) is 7.41. The van der Waals surface area contributed by atoms with Crippen molar-refractivity contribution in [3.05, 3.63) is 78.4 Å². The Morgan fingerprint density at radius 1 is 0.897 bits per heavy atom. The van der Waals surface area contributed by atoms with Gasteiger partial charge in [-0.1, -0.05) is 18.2 Å². The van der Waals surface area contributed by atoms with Crippen LogP contribution in [0.4, 0.5) is 5.69 Å². The molecule has 0 aromatic heterocycles. The van der Waals surface area contributed by atoms with E-state index in [0.717, 1.165) is 11.5 Å². The molecule has 0 bridgehead atoms. The molecule has 0 aliphatic carbocycles. The topological polar surface area (TPSA) is 56.8 Å². The number of nitrogens with one attached hydrogen (secondary N) is 1. The highest BCUT2D eigenvalue weighted by Gasteiger charge is 2.09. The Hall–Kier alpha value is -3.12. The van der Waals surface area contributed by atoms with Gasteiger partial charge in [0.15, 0.2) is 11.5 Å². The van der Waals surface area contributed by atoms with Crippen molar-refractivity contribution in [1.82, 2.24) is 0 Å². The number of amides is 1. The maximum atomic E-state index is 12.5. The predicted molar refractivity (Wildman–Crippen MR) is 117 cm³/mol. The second-order valence-corrected chi connectivity index (χ2v) is 7.23. The molecule has 0 aliphatic heterocycles. The van der Waals surface area contributed by atoms with E-state index in [1.165, 1.54) is 4.90 Å². The summed E-state index contributed by atoms with van der Waals surface area (Å²) in [4.78, 5) is 13.7. The number of benzene rings is 3. The summed E-state index contributed by atoms with van der Waals surface area (Å²) >= 11 is 1.75. The molecule has 1 amide bonds. The number of carbonyl (C=O) groups is 1. The Balaban J connectivity index is 1.51. The molecule has 5 nitrogen and oxygen atoms in total. The van der Waals surface area contributed by atoms with Gasteiger partial charge in [-0.15, -0.1) is 11.8 Å². The van der Waals surface area contributed by atoms with Gasteiger partial charge in [-0.2, -0.15) is 0 Å². The summed E-state index contributed by atoms with van der Waals surface area (Å²) in [6.45, 7) is 0.594. The van der Waals surface area contributed by atoms with E-state index in [2.05, 4.69) is 17.4 Å². The maximum Gasteiger partial charge on any atom is 0.255 e. The van der Waals surface area contributed by atoms with Crippen LogP contribution in [0.25, 0.3) is 0 Å². The summed E-state index contributed by atoms with van der Waals surface area (Å²) in [5, 5.41) is 2.86. The van der Waals surface area contributed by atoms with Crippen LogP contribution in [0.1, 0.15) is 10.4 Å². The Morgan fingerprint density at radius 2 is 1.62 bits per heavy atom. The molecule has 3 aromatic rings. The third-order valence-electron chi connectivity index (χ3n) is 4.12. The lowest BCUT2D eigenvalue weighted by molar-refractivity contribution is 0.102. The zero-order valence-electron chi connectivity index (χ0n) is 16.4. The molecule has 0 atom stereocenters. The lowest BCUT2D eigenvalue weighted by atomic mass is 10.2. The normalized spacial score (nSPS) is 10.3. The Morgan fingerprint density at radius 3 is 2.31 bits per heavy atom. The minimum absolute atomic E-state index is 0.205. The summed E-state index contributed by atoms with van der Waals surface area (Å²) in [5.41, 5.74) is 1.18. The fraction of sp³-hybridized carbons (Fsp3) is 0.174. The summed E-state index contributed by atoms with van der Waals surface area (Å²) in [6, 6.07) is 22.5. The van der Waals surface area contributed by atoms with Crippen molar-refractivity contribution in [2.45, 2.75) is 4.90 Å². The minimum atomic E-state index is -0.205. The lowest BCUT2D eigenvalue weighted by Gasteiger charge is -2.11. The van der Waals surface area contributed by atoms with Gasteiger partial charge < -0.3 is 19.5 Å². The van der Waals surface area contributed by atoms with E-state index in [1.54, 1.807) is 68.4 Å². The van der Waals surface area contributed by atoms with Gasteiger partial charge in [0.1, 0.15) is 5.75 Å². The molecule has 150 valence electrons. The Bertz CT molecular complexity index is 929. The van der Waals surface area contributed by atoms with Crippen LogP contribution in [0.3, 0.4) is 0 Å². The third-order valence-corrected chi connectivity index (χ3v) is 5.10. The highest BCUT2D eigenvalue weighted by molar-refractivity contribution is 7.99. The first-order chi connectivity index (χ1) is 14.2. The Labute approximate surface area is 175 Å². The fourth-order valence-corrected chi connectivity index (χ4v) is 3.41. The van der Waals surface area contributed by atoms with Crippen LogP contribution in [0.2, 0.25) is 0 Å². The van der Waals surface area contributed by atoms with Gasteiger partial charge >= 0.3 is 0 Å². The highest BCUT2D eigenvalue weighted by atomic mass is 32.2. The van der Waals surface area contributed by atoms with E-state index in [-0.39, 0.29) is 5.91 Å². The second kappa shape index (κ2) is 10.4. The van der Waals surface area contributed by atoms with Gasteiger partial charge in [-0.3, -0.25) is 4.79 Å². The van der Waals surface area contributed by atoms with Gasteiger partial charge in [0.2, 0.25) is 0 Å². The first kappa shape index (κ1) is 20.6. The number of carbonyl (C=O) groups excluding carboxylic acids is 1. The maximum absolute atomic E-state index is 12.5. The first-order valence-corrected chi connectivity index (χ1v) is 10.1. The first-order valence-electron chi connectivity index (χ1n) is 9.13.